The summed E-state index contributed by atoms with van der Waals surface area (Å²) in [4.78, 5) is 0. The van der Waals surface area contributed by atoms with Crippen molar-refractivity contribution in [1.29, 1.82) is 5.26 Å². The molecule has 104 valence electrons. The normalized spacial score (nSPS) is 10.8. The molecule has 0 bridgehead atoms. The zero-order valence-electron chi connectivity index (χ0n) is 11.7. The standard InChI is InChI=1S/C16H18ClN3/c1-12(2)19-9-14-5-6-20(10-14)11-15-4-3-13(8-18)7-16(15)17/h3-7,10,12,19H,9,11H2,1-2H3. The molecule has 0 radical (unpaired) electrons. The molecule has 4 heteroatoms. The van der Waals surface area contributed by atoms with E-state index in [0.29, 0.717) is 23.2 Å². The van der Waals surface area contributed by atoms with Crippen LogP contribution in [0.2, 0.25) is 5.02 Å². The van der Waals surface area contributed by atoms with Crippen molar-refractivity contribution < 1.29 is 0 Å². The van der Waals surface area contributed by atoms with Crippen LogP contribution in [0.3, 0.4) is 0 Å². The van der Waals surface area contributed by atoms with Gasteiger partial charge in [0.15, 0.2) is 0 Å². The number of nitriles is 1. The summed E-state index contributed by atoms with van der Waals surface area (Å²) in [5, 5.41) is 12.9. The molecule has 1 aromatic heterocycles. The van der Waals surface area contributed by atoms with Crippen molar-refractivity contribution in [2.45, 2.75) is 33.0 Å². The molecule has 0 aliphatic heterocycles. The summed E-state index contributed by atoms with van der Waals surface area (Å²) in [6, 6.07) is 10.1. The number of benzene rings is 1. The first kappa shape index (κ1) is 14.6. The Morgan fingerprint density at radius 1 is 1.35 bits per heavy atom. The fraction of sp³-hybridized carbons (Fsp3) is 0.312. The fourth-order valence-corrected chi connectivity index (χ4v) is 2.20. The smallest absolute Gasteiger partial charge is 0.0992 e. The van der Waals surface area contributed by atoms with Crippen LogP contribution in [-0.2, 0) is 13.1 Å². The lowest BCUT2D eigenvalue weighted by Gasteiger charge is -2.07. The van der Waals surface area contributed by atoms with Crippen LogP contribution in [0, 0.1) is 11.3 Å². The SMILES string of the molecule is CC(C)NCc1ccn(Cc2ccc(C#N)cc2Cl)c1. The summed E-state index contributed by atoms with van der Waals surface area (Å²) in [6.45, 7) is 5.85. The molecule has 0 saturated carbocycles. The van der Waals surface area contributed by atoms with Crippen molar-refractivity contribution in [3.63, 3.8) is 0 Å². The Morgan fingerprint density at radius 2 is 2.15 bits per heavy atom. The summed E-state index contributed by atoms with van der Waals surface area (Å²) in [5.74, 6) is 0. The maximum atomic E-state index is 8.83. The van der Waals surface area contributed by atoms with Crippen LogP contribution in [0.15, 0.2) is 36.7 Å². The van der Waals surface area contributed by atoms with Crippen LogP contribution in [0.1, 0.15) is 30.5 Å². The van der Waals surface area contributed by atoms with Gasteiger partial charge in [-0.15, -0.1) is 0 Å². The Balaban J connectivity index is 2.05. The minimum absolute atomic E-state index is 0.478. The molecule has 3 nitrogen and oxygen atoms in total. The van der Waals surface area contributed by atoms with Crippen molar-refractivity contribution in [3.05, 3.63) is 58.4 Å². The van der Waals surface area contributed by atoms with Gasteiger partial charge >= 0.3 is 0 Å². The summed E-state index contributed by atoms with van der Waals surface area (Å²) >= 11 is 6.19. The summed E-state index contributed by atoms with van der Waals surface area (Å²) in [6.07, 6.45) is 4.16. The van der Waals surface area contributed by atoms with E-state index in [1.54, 1.807) is 12.1 Å². The zero-order valence-corrected chi connectivity index (χ0v) is 12.5. The second-order valence-electron chi connectivity index (χ2n) is 5.15. The van der Waals surface area contributed by atoms with E-state index in [1.165, 1.54) is 5.56 Å². The molecule has 2 aromatic rings. The molecule has 1 N–H and O–H groups in total. The van der Waals surface area contributed by atoms with E-state index < -0.39 is 0 Å². The number of hydrogen-bond donors (Lipinski definition) is 1. The van der Waals surface area contributed by atoms with E-state index in [-0.39, 0.29) is 0 Å². The first-order valence-electron chi connectivity index (χ1n) is 6.65. The fourth-order valence-electron chi connectivity index (χ4n) is 1.96. The van der Waals surface area contributed by atoms with Gasteiger partial charge in [0.05, 0.1) is 11.6 Å². The van der Waals surface area contributed by atoms with E-state index in [1.807, 2.05) is 12.3 Å². The highest BCUT2D eigenvalue weighted by atomic mass is 35.5. The number of nitrogens with one attached hydrogen (secondary N) is 1. The van der Waals surface area contributed by atoms with Gasteiger partial charge in [-0.3, -0.25) is 0 Å². The van der Waals surface area contributed by atoms with Crippen molar-refractivity contribution >= 4 is 11.6 Å². The zero-order chi connectivity index (χ0) is 14.5. The summed E-state index contributed by atoms with van der Waals surface area (Å²) in [7, 11) is 0. The van der Waals surface area contributed by atoms with Crippen LogP contribution in [0.4, 0.5) is 0 Å². The lowest BCUT2D eigenvalue weighted by atomic mass is 10.1. The van der Waals surface area contributed by atoms with Gasteiger partial charge in [-0.05, 0) is 29.3 Å². The molecule has 2 rings (SSSR count). The molecule has 1 heterocycles. The Bertz CT molecular complexity index is 623. The van der Waals surface area contributed by atoms with Gasteiger partial charge in [0.1, 0.15) is 0 Å². The highest BCUT2D eigenvalue weighted by Crippen LogP contribution is 2.19. The van der Waals surface area contributed by atoms with Gasteiger partial charge in [-0.1, -0.05) is 31.5 Å². The predicted octanol–water partition coefficient (Wildman–Crippen LogP) is 3.56. The Hall–Kier alpha value is -1.76. The summed E-state index contributed by atoms with van der Waals surface area (Å²) in [5.41, 5.74) is 2.86. The van der Waals surface area contributed by atoms with Gasteiger partial charge in [0, 0.05) is 36.5 Å². The van der Waals surface area contributed by atoms with E-state index in [2.05, 4.69) is 42.1 Å². The third kappa shape index (κ3) is 3.86. The highest BCUT2D eigenvalue weighted by Gasteiger charge is 2.04. The third-order valence-corrected chi connectivity index (χ3v) is 3.41. The molecule has 0 spiro atoms. The third-order valence-electron chi connectivity index (χ3n) is 3.06. The molecule has 20 heavy (non-hydrogen) atoms. The highest BCUT2D eigenvalue weighted by molar-refractivity contribution is 6.31. The molecule has 0 saturated heterocycles. The predicted molar refractivity (Wildman–Crippen MR) is 81.7 cm³/mol. The van der Waals surface area contributed by atoms with Crippen LogP contribution in [0.25, 0.3) is 0 Å². The molecule has 0 amide bonds. The maximum Gasteiger partial charge on any atom is 0.0992 e. The first-order valence-corrected chi connectivity index (χ1v) is 7.03. The average molecular weight is 288 g/mol. The van der Waals surface area contributed by atoms with Crippen LogP contribution >= 0.6 is 11.6 Å². The van der Waals surface area contributed by atoms with E-state index in [0.717, 1.165) is 12.1 Å². The Morgan fingerprint density at radius 3 is 2.80 bits per heavy atom. The topological polar surface area (TPSA) is 40.8 Å². The van der Waals surface area contributed by atoms with Gasteiger partial charge in [0.2, 0.25) is 0 Å². The molecule has 0 atom stereocenters. The van der Waals surface area contributed by atoms with Gasteiger partial charge < -0.3 is 9.88 Å². The van der Waals surface area contributed by atoms with Crippen molar-refractivity contribution in [3.8, 4) is 6.07 Å². The minimum atomic E-state index is 0.478. The van der Waals surface area contributed by atoms with E-state index in [4.69, 9.17) is 16.9 Å². The Labute approximate surface area is 124 Å². The van der Waals surface area contributed by atoms with Crippen LogP contribution < -0.4 is 5.32 Å². The minimum Gasteiger partial charge on any atom is -0.350 e. The van der Waals surface area contributed by atoms with E-state index >= 15 is 0 Å². The maximum absolute atomic E-state index is 8.83. The van der Waals surface area contributed by atoms with Crippen LogP contribution in [-0.4, -0.2) is 10.6 Å². The van der Waals surface area contributed by atoms with Crippen LogP contribution in [0.5, 0.6) is 0 Å². The molecule has 0 unspecified atom stereocenters. The van der Waals surface area contributed by atoms with Gasteiger partial charge in [-0.2, -0.15) is 5.26 Å². The van der Waals surface area contributed by atoms with E-state index in [9.17, 15) is 0 Å². The second-order valence-corrected chi connectivity index (χ2v) is 5.55. The molecular formula is C16H18ClN3. The second kappa shape index (κ2) is 6.60. The largest absolute Gasteiger partial charge is 0.350 e. The number of rotatable bonds is 5. The Kier molecular flexibility index (Phi) is 4.84. The quantitative estimate of drug-likeness (QED) is 0.913. The number of aromatic nitrogens is 1. The lowest BCUT2D eigenvalue weighted by molar-refractivity contribution is 0.588. The van der Waals surface area contributed by atoms with Crippen molar-refractivity contribution in [2.75, 3.05) is 0 Å². The number of nitrogens with zero attached hydrogens (tertiary/aromatic N) is 2. The van der Waals surface area contributed by atoms with Gasteiger partial charge in [0.25, 0.3) is 0 Å². The summed E-state index contributed by atoms with van der Waals surface area (Å²) < 4.78 is 2.10. The lowest BCUT2D eigenvalue weighted by Crippen LogP contribution is -2.21. The van der Waals surface area contributed by atoms with Crippen molar-refractivity contribution in [1.82, 2.24) is 9.88 Å². The number of hydrogen-bond acceptors (Lipinski definition) is 2. The average Bonchev–Trinajstić information content (AvgIpc) is 2.86. The monoisotopic (exact) mass is 287 g/mol. The molecule has 1 aromatic carbocycles. The molecule has 0 aliphatic rings. The van der Waals surface area contributed by atoms with Gasteiger partial charge in [-0.25, -0.2) is 0 Å². The number of halogens is 1. The molecular weight excluding hydrogens is 270 g/mol. The molecule has 0 fully saturated rings. The first-order chi connectivity index (χ1) is 9.58. The van der Waals surface area contributed by atoms with Crippen molar-refractivity contribution in [2.24, 2.45) is 0 Å². The molecule has 0 aliphatic carbocycles.